The van der Waals surface area contributed by atoms with Gasteiger partial charge < -0.3 is 19.6 Å². The van der Waals surface area contributed by atoms with Gasteiger partial charge in [0.1, 0.15) is 29.2 Å². The highest BCUT2D eigenvalue weighted by Gasteiger charge is 2.32. The summed E-state index contributed by atoms with van der Waals surface area (Å²) >= 11 is 0. The topological polar surface area (TPSA) is 111 Å². The predicted molar refractivity (Wildman–Crippen MR) is 150 cm³/mol. The maximum Gasteiger partial charge on any atom is 0.305 e. The van der Waals surface area contributed by atoms with Crippen molar-refractivity contribution in [1.82, 2.24) is 9.88 Å². The second-order valence-electron chi connectivity index (χ2n) is 10.2. The maximum atomic E-state index is 15.7. The predicted octanol–water partition coefficient (Wildman–Crippen LogP) is 6.18. The summed E-state index contributed by atoms with van der Waals surface area (Å²) in [4.78, 5) is 39.4. The third kappa shape index (κ3) is 4.60. The number of halogens is 2. The Bertz CT molecular complexity index is 1960. The van der Waals surface area contributed by atoms with Gasteiger partial charge in [0.25, 0.3) is 5.56 Å². The van der Waals surface area contributed by atoms with Gasteiger partial charge in [0.05, 0.1) is 18.7 Å². The molecule has 10 heteroatoms. The van der Waals surface area contributed by atoms with Crippen LogP contribution < -0.4 is 15.6 Å². The number of aryl methyl sites for hydroxylation is 2. The molecule has 1 aliphatic rings. The molecule has 0 fully saturated rings. The molecule has 4 bridgehead atoms. The van der Waals surface area contributed by atoms with Crippen molar-refractivity contribution in [2.75, 3.05) is 0 Å². The number of ether oxygens (including phenoxy) is 1. The van der Waals surface area contributed by atoms with Gasteiger partial charge in [-0.2, -0.15) is 0 Å². The zero-order chi connectivity index (χ0) is 29.7. The Hall–Kier alpha value is -5.25. The number of aliphatic carboxylic acids is 1. The first kappa shape index (κ1) is 26.9. The number of amides is 1. The van der Waals surface area contributed by atoms with E-state index in [2.05, 4.69) is 5.32 Å². The van der Waals surface area contributed by atoms with E-state index >= 15 is 8.78 Å². The molecule has 212 valence electrons. The van der Waals surface area contributed by atoms with Crippen molar-refractivity contribution in [3.63, 3.8) is 0 Å². The molecular formula is C32H24F2N2O6. The number of hydrogen-bond donors (Lipinski definition) is 2. The number of hydrogen-bond acceptors (Lipinski definition) is 5. The van der Waals surface area contributed by atoms with Crippen molar-refractivity contribution in [2.24, 2.45) is 0 Å². The largest absolute Gasteiger partial charge is 0.481 e. The average Bonchev–Trinajstić information content (AvgIpc) is 3.42. The quantitative estimate of drug-likeness (QED) is 0.268. The Balaban J connectivity index is 1.65. The number of benzene rings is 3. The van der Waals surface area contributed by atoms with E-state index in [4.69, 9.17) is 9.15 Å². The van der Waals surface area contributed by atoms with Crippen molar-refractivity contribution in [3.8, 4) is 22.6 Å². The molecule has 6 rings (SSSR count). The number of nitrogens with one attached hydrogen (secondary N) is 1. The number of carbonyl (C=O) groups excluding carboxylic acids is 1. The van der Waals surface area contributed by atoms with Crippen molar-refractivity contribution >= 4 is 22.8 Å². The van der Waals surface area contributed by atoms with Crippen LogP contribution in [-0.4, -0.2) is 21.6 Å². The summed E-state index contributed by atoms with van der Waals surface area (Å²) in [5, 5.41) is 12.8. The van der Waals surface area contributed by atoms with E-state index in [1.165, 1.54) is 43.6 Å². The van der Waals surface area contributed by atoms with E-state index in [1.807, 2.05) is 13.0 Å². The molecule has 1 amide bonds. The van der Waals surface area contributed by atoms with Gasteiger partial charge in [0, 0.05) is 28.3 Å². The molecule has 0 aliphatic carbocycles. The fraction of sp³-hybridized carbons (Fsp3) is 0.156. The molecule has 0 saturated heterocycles. The summed E-state index contributed by atoms with van der Waals surface area (Å²) in [6.07, 6.45) is 1.96. The standard InChI is InChI=1S/C32H24F2N2O6/c1-16-4-3-5-25-27(16)19-12-17(2)28(34)22(13-19)24(15-26(37)38)35-31(39)29(21-14-20(42-25)6-7-23(21)33)36-10-8-18-9-11-41-30(18)32(36)40/h3-14,24,29H,15H2,1-2H3,(H,35,39)(H,37,38)/t24-,29-/m1/s1. The third-order valence-corrected chi connectivity index (χ3v) is 7.43. The van der Waals surface area contributed by atoms with E-state index in [9.17, 15) is 19.5 Å². The van der Waals surface area contributed by atoms with Gasteiger partial charge in [-0.05, 0) is 79.1 Å². The Kier molecular flexibility index (Phi) is 6.61. The van der Waals surface area contributed by atoms with Crippen LogP contribution in [-0.2, 0) is 9.59 Å². The van der Waals surface area contributed by atoms with Crippen molar-refractivity contribution < 1.29 is 32.6 Å². The second-order valence-corrected chi connectivity index (χ2v) is 10.2. The Morgan fingerprint density at radius 2 is 1.81 bits per heavy atom. The van der Waals surface area contributed by atoms with Crippen molar-refractivity contribution in [1.29, 1.82) is 0 Å². The number of fused-ring (bicyclic) bond motifs is 7. The minimum Gasteiger partial charge on any atom is -0.481 e. The number of aromatic nitrogens is 1. The van der Waals surface area contributed by atoms with E-state index in [0.717, 1.165) is 16.2 Å². The zero-order valence-corrected chi connectivity index (χ0v) is 22.5. The number of carboxylic acid groups (broad SMARTS) is 1. The second kappa shape index (κ2) is 10.3. The number of carbonyl (C=O) groups is 2. The average molecular weight is 571 g/mol. The molecular weight excluding hydrogens is 546 g/mol. The van der Waals surface area contributed by atoms with Gasteiger partial charge in [-0.3, -0.25) is 19.0 Å². The molecule has 2 N–H and O–H groups in total. The molecule has 0 saturated carbocycles. The molecule has 0 radical (unpaired) electrons. The summed E-state index contributed by atoms with van der Waals surface area (Å²) in [5.74, 6) is -3.18. The number of pyridine rings is 1. The number of furan rings is 1. The number of carboxylic acids is 1. The van der Waals surface area contributed by atoms with Crippen LogP contribution in [0.25, 0.3) is 22.1 Å². The minimum atomic E-state index is -1.63. The summed E-state index contributed by atoms with van der Waals surface area (Å²) in [7, 11) is 0. The summed E-state index contributed by atoms with van der Waals surface area (Å²) in [5.41, 5.74) is 1.10. The molecule has 2 atom stereocenters. The minimum absolute atomic E-state index is 0.0538. The van der Waals surface area contributed by atoms with Crippen molar-refractivity contribution in [2.45, 2.75) is 32.4 Å². The lowest BCUT2D eigenvalue weighted by atomic mass is 9.92. The molecule has 0 spiro atoms. The summed E-state index contributed by atoms with van der Waals surface area (Å²) < 4.78 is 43.8. The monoisotopic (exact) mass is 570 g/mol. The van der Waals surface area contributed by atoms with E-state index in [0.29, 0.717) is 22.3 Å². The fourth-order valence-electron chi connectivity index (χ4n) is 5.47. The summed E-state index contributed by atoms with van der Waals surface area (Å²) in [6.45, 7) is 3.39. The first-order valence-electron chi connectivity index (χ1n) is 13.1. The van der Waals surface area contributed by atoms with E-state index < -0.39 is 47.6 Å². The van der Waals surface area contributed by atoms with Crippen LogP contribution >= 0.6 is 0 Å². The highest BCUT2D eigenvalue weighted by Crippen LogP contribution is 2.40. The van der Waals surface area contributed by atoms with Crippen LogP contribution in [0.5, 0.6) is 11.5 Å². The van der Waals surface area contributed by atoms with Gasteiger partial charge in [0.15, 0.2) is 5.58 Å². The van der Waals surface area contributed by atoms with Crippen LogP contribution in [0.15, 0.2) is 82.3 Å². The van der Waals surface area contributed by atoms with Gasteiger partial charge in [-0.1, -0.05) is 12.1 Å². The smallest absolute Gasteiger partial charge is 0.305 e. The van der Waals surface area contributed by atoms with Crippen LogP contribution in [0.4, 0.5) is 8.78 Å². The highest BCUT2D eigenvalue weighted by molar-refractivity contribution is 5.86. The lowest BCUT2D eigenvalue weighted by Crippen LogP contribution is -2.40. The molecule has 8 nitrogen and oxygen atoms in total. The van der Waals surface area contributed by atoms with Crippen LogP contribution in [0.1, 0.15) is 40.8 Å². The number of nitrogens with zero attached hydrogens (tertiary/aromatic N) is 1. The molecule has 3 heterocycles. The lowest BCUT2D eigenvalue weighted by Gasteiger charge is -2.25. The first-order chi connectivity index (χ1) is 20.1. The van der Waals surface area contributed by atoms with E-state index in [-0.39, 0.29) is 28.0 Å². The van der Waals surface area contributed by atoms with E-state index in [1.54, 1.807) is 24.3 Å². The summed E-state index contributed by atoms with van der Waals surface area (Å²) in [6, 6.07) is 12.4. The van der Waals surface area contributed by atoms with Crippen LogP contribution in [0, 0.1) is 25.5 Å². The maximum absolute atomic E-state index is 15.7. The van der Waals surface area contributed by atoms with Gasteiger partial charge in [0.2, 0.25) is 5.91 Å². The highest BCUT2D eigenvalue weighted by atomic mass is 19.1. The molecule has 1 aliphatic heterocycles. The Labute approximate surface area is 237 Å². The lowest BCUT2D eigenvalue weighted by molar-refractivity contribution is -0.137. The van der Waals surface area contributed by atoms with Gasteiger partial charge in [-0.15, -0.1) is 0 Å². The Morgan fingerprint density at radius 1 is 1.00 bits per heavy atom. The van der Waals surface area contributed by atoms with Crippen LogP contribution in [0.2, 0.25) is 0 Å². The zero-order valence-electron chi connectivity index (χ0n) is 22.5. The number of rotatable bonds is 3. The molecule has 3 aromatic carbocycles. The van der Waals surface area contributed by atoms with Crippen molar-refractivity contribution in [3.05, 3.63) is 117 Å². The normalized spacial score (nSPS) is 16.4. The molecule has 0 unspecified atom stereocenters. The molecule has 5 aromatic rings. The first-order valence-corrected chi connectivity index (χ1v) is 13.1. The van der Waals surface area contributed by atoms with Gasteiger partial charge >= 0.3 is 5.97 Å². The fourth-order valence-corrected chi connectivity index (χ4v) is 5.47. The molecule has 2 aromatic heterocycles. The molecule has 42 heavy (non-hydrogen) atoms. The Morgan fingerprint density at radius 3 is 2.60 bits per heavy atom. The van der Waals surface area contributed by atoms with Gasteiger partial charge in [-0.25, -0.2) is 8.78 Å². The SMILES string of the molecule is Cc1cc2cc(c1F)[C@@H](CC(=O)O)NC(=O)[C@H](n1ccc3ccoc3c1=O)c1cc(ccc1F)Oc1cccc(C)c1-2. The third-order valence-electron chi connectivity index (χ3n) is 7.43. The van der Waals surface area contributed by atoms with Crippen LogP contribution in [0.3, 0.4) is 0 Å².